The summed E-state index contributed by atoms with van der Waals surface area (Å²) in [6.45, 7) is 0. The summed E-state index contributed by atoms with van der Waals surface area (Å²) >= 11 is 2.16. The molecule has 1 aliphatic rings. The summed E-state index contributed by atoms with van der Waals surface area (Å²) in [6, 6.07) is 53.7. The quantitative estimate of drug-likeness (QED) is 0.156. The van der Waals surface area contributed by atoms with Crippen LogP contribution in [0.2, 0.25) is 0 Å². The van der Waals surface area contributed by atoms with E-state index in [4.69, 9.17) is 0 Å². The molecular weight excluding hydrogens is 492 g/mol. The van der Waals surface area contributed by atoms with E-state index in [1.165, 1.54) is 48.0 Å². The predicted molar refractivity (Wildman–Crippen MR) is 162 cm³/mol. The van der Waals surface area contributed by atoms with E-state index in [1.54, 1.807) is 0 Å². The Morgan fingerprint density at radius 3 is 1.87 bits per heavy atom. The molecule has 6 aromatic carbocycles. The van der Waals surface area contributed by atoms with Gasteiger partial charge < -0.3 is 14.9 Å². The fourth-order valence-electron chi connectivity index (χ4n) is 4.44. The molecule has 0 spiro atoms. The number of hydrogen-bond acceptors (Lipinski definition) is 0. The van der Waals surface area contributed by atoms with Crippen LogP contribution in [0.5, 0.6) is 0 Å². The normalized spacial score (nSPS) is 10.2. The fourth-order valence-corrected chi connectivity index (χ4v) is 4.96. The van der Waals surface area contributed by atoms with Gasteiger partial charge in [-0.05, 0) is 6.42 Å². The molecule has 7 rings (SSSR count). The molecule has 188 valence electrons. The van der Waals surface area contributed by atoms with Crippen LogP contribution >= 0.6 is 0 Å². The van der Waals surface area contributed by atoms with Crippen LogP contribution in [0.15, 0.2) is 146 Å². The smallest absolute Gasteiger partial charge is 0.0253 e. The second kappa shape index (κ2) is 14.3. The van der Waals surface area contributed by atoms with Gasteiger partial charge in [-0.15, -0.1) is 35.2 Å². The van der Waals surface area contributed by atoms with E-state index in [1.807, 2.05) is 18.2 Å². The van der Waals surface area contributed by atoms with Crippen LogP contribution in [0, 0.1) is 20.9 Å². The van der Waals surface area contributed by atoms with Crippen LogP contribution in [0.25, 0.3) is 21.9 Å². The molecule has 0 radical (unpaired) electrons. The van der Waals surface area contributed by atoms with Gasteiger partial charge in [-0.25, -0.2) is 0 Å². The zero-order chi connectivity index (χ0) is 24.6. The molecule has 0 unspecified atom stereocenters. The van der Waals surface area contributed by atoms with Crippen LogP contribution in [0.4, 0.5) is 0 Å². The first-order valence-corrected chi connectivity index (χ1v) is 13.0. The average Bonchev–Trinajstić information content (AvgIpc) is 3.59. The summed E-state index contributed by atoms with van der Waals surface area (Å²) < 4.78 is 1.33. The monoisotopic (exact) mass is 524 g/mol. The Labute approximate surface area is 239 Å². The van der Waals surface area contributed by atoms with Gasteiger partial charge in [-0.1, -0.05) is 41.5 Å². The number of benzene rings is 5. The van der Waals surface area contributed by atoms with Gasteiger partial charge in [0.1, 0.15) is 0 Å². The fraction of sp³-hybridized carbons (Fsp3) is 0.0270. The molecule has 0 bridgehead atoms. The molecule has 0 aromatic heterocycles. The first-order chi connectivity index (χ1) is 17.8. The summed E-state index contributed by atoms with van der Waals surface area (Å²) in [7, 11) is 0. The zero-order valence-electron chi connectivity index (χ0n) is 22.1. The third-order valence-electron chi connectivity index (χ3n) is 6.29. The maximum Gasteiger partial charge on any atom is -0.0253 e. The van der Waals surface area contributed by atoms with Gasteiger partial charge in [0.05, 0.1) is 0 Å². The standard InChI is InChI=1S/C13H9.C13H10.C9H7.2CH3.Ti/c1-3-7-12-10(5-1)9-11-6-2-4-8-13(11)12;1-3-7-12(8-4-1)11-13-9-5-2-6-10-13;1-2-5-9-7-3-6-8(9)4-1;;;/h1-5,7-8H,9H2;1-10H;1-7H;2*1H3;/q-1;;3*-1;. The SMILES string of the molecule is [CH3-].[CH3-].[Ti]=[C](c1ccccc1)c1ccccc1.[c-]1cccc2c1Cc1ccccc1-2.c1ccc2[cH-]ccc2c1. The van der Waals surface area contributed by atoms with Crippen LogP contribution in [0.3, 0.4) is 0 Å². The Morgan fingerprint density at radius 1 is 0.605 bits per heavy atom. The van der Waals surface area contributed by atoms with Gasteiger partial charge in [-0.3, -0.25) is 0 Å². The number of fused-ring (bicyclic) bond motifs is 4. The molecule has 0 nitrogen and oxygen atoms in total. The summed E-state index contributed by atoms with van der Waals surface area (Å²) in [4.78, 5) is 0. The van der Waals surface area contributed by atoms with E-state index in [-0.39, 0.29) is 14.9 Å². The van der Waals surface area contributed by atoms with Crippen molar-refractivity contribution in [2.24, 2.45) is 0 Å². The average molecular weight is 525 g/mol. The third-order valence-corrected chi connectivity index (χ3v) is 7.19. The van der Waals surface area contributed by atoms with Crippen molar-refractivity contribution < 1.29 is 20.0 Å². The largest absolute Gasteiger partial charge is 0.179 e. The number of hydrogen-bond donors (Lipinski definition) is 0. The van der Waals surface area contributed by atoms with Crippen molar-refractivity contribution in [3.8, 4) is 11.1 Å². The summed E-state index contributed by atoms with van der Waals surface area (Å²) in [5.41, 5.74) is 8.09. The predicted octanol–water partition coefficient (Wildman–Crippen LogP) is 9.32. The van der Waals surface area contributed by atoms with E-state index < -0.39 is 0 Å². The second-order valence-corrected chi connectivity index (χ2v) is 9.44. The van der Waals surface area contributed by atoms with Crippen LogP contribution in [0.1, 0.15) is 22.3 Å². The molecule has 6 aromatic rings. The van der Waals surface area contributed by atoms with E-state index >= 15 is 0 Å². The Bertz CT molecular complexity index is 1440. The summed E-state index contributed by atoms with van der Waals surface area (Å²) in [6.07, 6.45) is 1.05. The van der Waals surface area contributed by atoms with Crippen molar-refractivity contribution in [1.82, 2.24) is 0 Å². The molecule has 1 heteroatoms. The molecule has 0 fully saturated rings. The molecule has 0 amide bonds. The van der Waals surface area contributed by atoms with E-state index in [0.29, 0.717) is 0 Å². The van der Waals surface area contributed by atoms with Crippen LogP contribution in [-0.2, 0) is 26.4 Å². The number of rotatable bonds is 2. The van der Waals surface area contributed by atoms with Crippen LogP contribution < -0.4 is 0 Å². The molecule has 0 heterocycles. The van der Waals surface area contributed by atoms with Crippen molar-refractivity contribution in [1.29, 1.82) is 0 Å². The molecular formula is C37H32Ti-4. The van der Waals surface area contributed by atoms with Gasteiger partial charge >= 0.3 is 95.6 Å². The van der Waals surface area contributed by atoms with Gasteiger partial charge in [0.25, 0.3) is 0 Å². The minimum Gasteiger partial charge on any atom is -0.179 e. The topological polar surface area (TPSA) is 0 Å². The molecule has 38 heavy (non-hydrogen) atoms. The maximum absolute atomic E-state index is 3.30. The van der Waals surface area contributed by atoms with Gasteiger partial charge in [0.15, 0.2) is 0 Å². The third kappa shape index (κ3) is 6.98. The minimum atomic E-state index is 0. The second-order valence-electron chi connectivity index (χ2n) is 8.66. The summed E-state index contributed by atoms with van der Waals surface area (Å²) in [5, 5.41) is 2.66. The van der Waals surface area contributed by atoms with Crippen molar-refractivity contribution in [2.75, 3.05) is 0 Å². The van der Waals surface area contributed by atoms with Gasteiger partial charge in [-0.2, -0.15) is 47.3 Å². The van der Waals surface area contributed by atoms with Crippen LogP contribution in [-0.4, -0.2) is 3.81 Å². The molecule has 0 saturated heterocycles. The van der Waals surface area contributed by atoms with Gasteiger partial charge in [0, 0.05) is 0 Å². The van der Waals surface area contributed by atoms with E-state index in [2.05, 4.69) is 153 Å². The zero-order valence-corrected chi connectivity index (χ0v) is 23.6. The Balaban J connectivity index is 0.000000157. The van der Waals surface area contributed by atoms with Crippen molar-refractivity contribution >= 4 is 14.6 Å². The molecule has 0 atom stereocenters. The van der Waals surface area contributed by atoms with Gasteiger partial charge in [0.2, 0.25) is 0 Å². The van der Waals surface area contributed by atoms with Crippen molar-refractivity contribution in [3.63, 3.8) is 0 Å². The molecule has 0 aliphatic heterocycles. The first kappa shape index (κ1) is 28.9. The Morgan fingerprint density at radius 2 is 1.18 bits per heavy atom. The first-order valence-electron chi connectivity index (χ1n) is 12.2. The molecule has 0 saturated carbocycles. The Hall–Kier alpha value is -3.71. The van der Waals surface area contributed by atoms with Crippen molar-refractivity contribution in [2.45, 2.75) is 6.42 Å². The molecule has 1 aliphatic carbocycles. The Kier molecular flexibility index (Phi) is 10.9. The molecule has 0 N–H and O–H groups in total. The van der Waals surface area contributed by atoms with E-state index in [9.17, 15) is 0 Å². The maximum atomic E-state index is 3.30. The minimum absolute atomic E-state index is 0. The summed E-state index contributed by atoms with van der Waals surface area (Å²) in [5.74, 6) is 0. The van der Waals surface area contributed by atoms with Crippen molar-refractivity contribution in [3.05, 3.63) is 189 Å². The van der Waals surface area contributed by atoms with E-state index in [0.717, 1.165) is 6.42 Å².